The zero-order chi connectivity index (χ0) is 30.5. The second kappa shape index (κ2) is 10.9. The Morgan fingerprint density at radius 1 is 0.455 bits per heavy atom. The second-order valence-corrected chi connectivity index (χ2v) is 17.2. The van der Waals surface area contributed by atoms with Gasteiger partial charge in [-0.1, -0.05) is 117 Å². The van der Waals surface area contributed by atoms with Gasteiger partial charge in [0.25, 0.3) is 0 Å². The van der Waals surface area contributed by atoms with E-state index in [1.54, 1.807) is 0 Å². The van der Waals surface area contributed by atoms with Crippen molar-refractivity contribution in [3.05, 3.63) is 157 Å². The number of hydrogen-bond acceptors (Lipinski definition) is 1. The fourth-order valence-corrected chi connectivity index (χ4v) is 7.58. The van der Waals surface area contributed by atoms with Crippen LogP contribution < -0.4 is 4.90 Å². The van der Waals surface area contributed by atoms with Crippen LogP contribution >= 0.6 is 10.0 Å². The summed E-state index contributed by atoms with van der Waals surface area (Å²) in [4.78, 5) is 3.86. The lowest BCUT2D eigenvalue weighted by Gasteiger charge is -2.32. The quantitative estimate of drug-likeness (QED) is 0.187. The molecule has 0 amide bonds. The summed E-state index contributed by atoms with van der Waals surface area (Å²) in [5.74, 6) is 0. The minimum absolute atomic E-state index is 0.0769. The Morgan fingerprint density at radius 2 is 1.02 bits per heavy atom. The number of rotatable bonds is 6. The molecule has 218 valence electrons. The molecule has 0 unspecified atom stereocenters. The van der Waals surface area contributed by atoms with Gasteiger partial charge >= 0.3 is 0 Å². The van der Waals surface area contributed by atoms with Gasteiger partial charge in [-0.25, -0.2) is 10.0 Å². The van der Waals surface area contributed by atoms with Crippen LogP contribution in [0, 0.1) is 0 Å². The van der Waals surface area contributed by atoms with Gasteiger partial charge in [0.05, 0.1) is 5.69 Å². The molecule has 0 bridgehead atoms. The summed E-state index contributed by atoms with van der Waals surface area (Å²) in [7, 11) is -0.914. The molecule has 0 fully saturated rings. The third-order valence-electron chi connectivity index (χ3n) is 9.06. The Bertz CT molecular complexity index is 1950. The van der Waals surface area contributed by atoms with Crippen molar-refractivity contribution in [1.29, 1.82) is 0 Å². The number of benzene rings is 6. The molecular formula is C42H39NS. The molecule has 6 aromatic rings. The van der Waals surface area contributed by atoms with Crippen LogP contribution in [0.4, 0.5) is 17.1 Å². The first-order valence-electron chi connectivity index (χ1n) is 15.3. The molecule has 0 heterocycles. The average molecular weight is 590 g/mol. The summed E-state index contributed by atoms with van der Waals surface area (Å²) in [5.41, 5.74) is 13.8. The molecule has 44 heavy (non-hydrogen) atoms. The van der Waals surface area contributed by atoms with Gasteiger partial charge in [-0.2, -0.15) is 0 Å². The van der Waals surface area contributed by atoms with Gasteiger partial charge in [0.1, 0.15) is 0 Å². The van der Waals surface area contributed by atoms with Gasteiger partial charge in [-0.15, -0.1) is 0 Å². The highest BCUT2D eigenvalue weighted by Crippen LogP contribution is 2.53. The van der Waals surface area contributed by atoms with Gasteiger partial charge in [-0.05, 0) is 105 Å². The van der Waals surface area contributed by atoms with Crippen LogP contribution in [0.5, 0.6) is 0 Å². The predicted octanol–water partition coefficient (Wildman–Crippen LogP) is 11.8. The lowest BCUT2D eigenvalue weighted by Crippen LogP contribution is -2.17. The maximum absolute atomic E-state index is 2.46. The van der Waals surface area contributed by atoms with Gasteiger partial charge in [0, 0.05) is 22.4 Å². The molecule has 7 rings (SSSR count). The van der Waals surface area contributed by atoms with Crippen molar-refractivity contribution in [2.24, 2.45) is 0 Å². The van der Waals surface area contributed by atoms with Crippen molar-refractivity contribution in [2.75, 3.05) is 23.7 Å². The number of fused-ring (bicyclic) bond motifs is 3. The third kappa shape index (κ3) is 4.94. The van der Waals surface area contributed by atoms with Crippen molar-refractivity contribution < 1.29 is 0 Å². The standard InChI is InChI=1S/C42H39NS/c1-42(2)39-19-13-12-18-36(39)37-26-24-34(28-40(37)42)43(33-22-20-31(21-23-33)30-14-8-6-9-15-30)41-27-25-35(44(3,4)5)29-38(41)32-16-10-7-11-17-32/h6-29H,1-5H3. The van der Waals surface area contributed by atoms with E-state index in [1.165, 1.54) is 60.8 Å². The van der Waals surface area contributed by atoms with Crippen LogP contribution in [0.15, 0.2) is 150 Å². The van der Waals surface area contributed by atoms with Gasteiger partial charge in [0.2, 0.25) is 0 Å². The van der Waals surface area contributed by atoms with E-state index in [4.69, 9.17) is 0 Å². The molecule has 0 spiro atoms. The molecule has 0 N–H and O–H groups in total. The maximum atomic E-state index is 2.46. The van der Waals surface area contributed by atoms with Crippen LogP contribution in [0.3, 0.4) is 0 Å². The van der Waals surface area contributed by atoms with Gasteiger partial charge in [0.15, 0.2) is 0 Å². The molecule has 1 aliphatic rings. The van der Waals surface area contributed by atoms with Crippen molar-refractivity contribution in [2.45, 2.75) is 24.2 Å². The monoisotopic (exact) mass is 589 g/mol. The summed E-state index contributed by atoms with van der Waals surface area (Å²) in [6, 6.07) is 53.6. The van der Waals surface area contributed by atoms with E-state index in [2.05, 4.69) is 183 Å². The number of anilines is 3. The highest BCUT2D eigenvalue weighted by molar-refractivity contribution is 8.32. The summed E-state index contributed by atoms with van der Waals surface area (Å²) < 4.78 is 0. The molecule has 0 saturated heterocycles. The Labute approximate surface area is 264 Å². The predicted molar refractivity (Wildman–Crippen MR) is 193 cm³/mol. The largest absolute Gasteiger partial charge is 0.310 e. The van der Waals surface area contributed by atoms with E-state index >= 15 is 0 Å². The van der Waals surface area contributed by atoms with Crippen molar-refractivity contribution >= 4 is 27.1 Å². The fourth-order valence-electron chi connectivity index (χ4n) is 6.63. The van der Waals surface area contributed by atoms with Crippen LogP contribution in [-0.4, -0.2) is 18.8 Å². The first-order chi connectivity index (χ1) is 21.2. The number of hydrogen-bond donors (Lipinski definition) is 0. The van der Waals surface area contributed by atoms with E-state index in [1.807, 2.05) is 0 Å². The molecule has 0 aromatic heterocycles. The van der Waals surface area contributed by atoms with E-state index < -0.39 is 10.0 Å². The van der Waals surface area contributed by atoms with Crippen LogP contribution in [-0.2, 0) is 5.41 Å². The van der Waals surface area contributed by atoms with E-state index in [0.717, 1.165) is 5.69 Å². The van der Waals surface area contributed by atoms with Crippen LogP contribution in [0.2, 0.25) is 0 Å². The molecule has 2 heteroatoms. The first-order valence-corrected chi connectivity index (χ1v) is 18.2. The maximum Gasteiger partial charge on any atom is 0.0540 e. The van der Waals surface area contributed by atoms with Crippen molar-refractivity contribution in [3.8, 4) is 33.4 Å². The molecule has 1 aliphatic carbocycles. The second-order valence-electron chi connectivity index (χ2n) is 13.0. The van der Waals surface area contributed by atoms with E-state index in [0.29, 0.717) is 0 Å². The zero-order valence-corrected chi connectivity index (χ0v) is 27.0. The SMILES string of the molecule is CC1(C)c2ccccc2-c2ccc(N(c3ccc(-c4ccccc4)cc3)c3ccc(S(C)(C)C)cc3-c3ccccc3)cc21. The molecular weight excluding hydrogens is 551 g/mol. The number of nitrogens with zero attached hydrogens (tertiary/aromatic N) is 1. The summed E-state index contributed by atoms with van der Waals surface area (Å²) in [6.07, 6.45) is 7.12. The van der Waals surface area contributed by atoms with Crippen molar-refractivity contribution in [3.63, 3.8) is 0 Å². The highest BCUT2D eigenvalue weighted by atomic mass is 32.3. The van der Waals surface area contributed by atoms with Crippen LogP contribution in [0.25, 0.3) is 33.4 Å². The molecule has 0 radical (unpaired) electrons. The Kier molecular flexibility index (Phi) is 6.98. The van der Waals surface area contributed by atoms with Crippen molar-refractivity contribution in [1.82, 2.24) is 0 Å². The lowest BCUT2D eigenvalue weighted by molar-refractivity contribution is 0.660. The summed E-state index contributed by atoms with van der Waals surface area (Å²) in [5, 5.41) is 0. The lowest BCUT2D eigenvalue weighted by atomic mass is 9.82. The highest BCUT2D eigenvalue weighted by Gasteiger charge is 2.36. The average Bonchev–Trinajstić information content (AvgIpc) is 3.28. The topological polar surface area (TPSA) is 3.24 Å². The normalized spacial score (nSPS) is 13.7. The first kappa shape index (κ1) is 28.3. The zero-order valence-electron chi connectivity index (χ0n) is 26.2. The van der Waals surface area contributed by atoms with E-state index in [9.17, 15) is 0 Å². The molecule has 0 saturated carbocycles. The fraction of sp³-hybridized carbons (Fsp3) is 0.143. The molecule has 6 aromatic carbocycles. The van der Waals surface area contributed by atoms with Crippen LogP contribution in [0.1, 0.15) is 25.0 Å². The third-order valence-corrected chi connectivity index (χ3v) is 10.7. The Balaban J connectivity index is 1.45. The molecule has 1 nitrogen and oxygen atoms in total. The molecule has 0 atom stereocenters. The minimum Gasteiger partial charge on any atom is -0.310 e. The Morgan fingerprint density at radius 3 is 1.70 bits per heavy atom. The Hall–Kier alpha value is -4.53. The van der Waals surface area contributed by atoms with Gasteiger partial charge in [-0.3, -0.25) is 0 Å². The summed E-state index contributed by atoms with van der Waals surface area (Å²) >= 11 is 0. The summed E-state index contributed by atoms with van der Waals surface area (Å²) in [6.45, 7) is 4.72. The molecule has 0 aliphatic heterocycles. The van der Waals surface area contributed by atoms with E-state index in [-0.39, 0.29) is 5.41 Å². The minimum atomic E-state index is -0.914. The smallest absolute Gasteiger partial charge is 0.0540 e. The van der Waals surface area contributed by atoms with Gasteiger partial charge < -0.3 is 4.90 Å².